The van der Waals surface area contributed by atoms with Crippen molar-refractivity contribution in [2.75, 3.05) is 32.5 Å². The lowest BCUT2D eigenvalue weighted by molar-refractivity contribution is -0.127. The van der Waals surface area contributed by atoms with E-state index in [9.17, 15) is 4.79 Å². The highest BCUT2D eigenvalue weighted by Gasteiger charge is 2.33. The third kappa shape index (κ3) is 3.18. The summed E-state index contributed by atoms with van der Waals surface area (Å²) in [6, 6.07) is 5.36. The van der Waals surface area contributed by atoms with Gasteiger partial charge in [0.15, 0.2) is 6.10 Å². The Morgan fingerprint density at radius 1 is 1.38 bits per heavy atom. The van der Waals surface area contributed by atoms with Crippen LogP contribution in [0.3, 0.4) is 0 Å². The number of ether oxygens (including phenoxy) is 3. The van der Waals surface area contributed by atoms with E-state index in [2.05, 4.69) is 0 Å². The van der Waals surface area contributed by atoms with E-state index >= 15 is 0 Å². The first-order valence-electron chi connectivity index (χ1n) is 6.97. The van der Waals surface area contributed by atoms with Crippen molar-refractivity contribution in [3.63, 3.8) is 0 Å². The molecule has 0 fully saturated rings. The first-order chi connectivity index (χ1) is 10.1. The van der Waals surface area contributed by atoms with Crippen LogP contribution < -0.4 is 15.4 Å². The maximum Gasteiger partial charge on any atom is 0.270 e. The van der Waals surface area contributed by atoms with Gasteiger partial charge in [0, 0.05) is 14.2 Å². The molecule has 6 heteroatoms. The van der Waals surface area contributed by atoms with E-state index in [0.717, 1.165) is 5.56 Å². The summed E-state index contributed by atoms with van der Waals surface area (Å²) in [6.45, 7) is 2.52. The third-order valence-corrected chi connectivity index (χ3v) is 3.49. The second kappa shape index (κ2) is 6.89. The van der Waals surface area contributed by atoms with Gasteiger partial charge >= 0.3 is 0 Å². The monoisotopic (exact) mass is 294 g/mol. The normalized spacial score (nSPS) is 19.1. The van der Waals surface area contributed by atoms with Crippen LogP contribution in [0.25, 0.3) is 0 Å². The molecule has 116 valence electrons. The van der Waals surface area contributed by atoms with E-state index < -0.39 is 6.10 Å². The quantitative estimate of drug-likeness (QED) is 0.859. The maximum atomic E-state index is 12.4. The molecule has 2 N–H and O–H groups in total. The summed E-state index contributed by atoms with van der Waals surface area (Å²) in [5, 5.41) is 0. The Bertz CT molecular complexity index is 506. The molecule has 1 aromatic rings. The molecule has 2 unspecified atom stereocenters. The van der Waals surface area contributed by atoms with Gasteiger partial charge in [0.1, 0.15) is 12.5 Å². The summed E-state index contributed by atoms with van der Waals surface area (Å²) < 4.78 is 16.0. The highest BCUT2D eigenvalue weighted by Crippen LogP contribution is 2.36. The molecule has 21 heavy (non-hydrogen) atoms. The Morgan fingerprint density at radius 3 is 2.76 bits per heavy atom. The van der Waals surface area contributed by atoms with Gasteiger partial charge in [-0.25, -0.2) is 0 Å². The van der Waals surface area contributed by atoms with Gasteiger partial charge in [-0.05, 0) is 24.1 Å². The summed E-state index contributed by atoms with van der Waals surface area (Å²) in [6.07, 6.45) is 0.148. The van der Waals surface area contributed by atoms with E-state index in [0.29, 0.717) is 24.5 Å². The fourth-order valence-corrected chi connectivity index (χ4v) is 2.37. The smallest absolute Gasteiger partial charge is 0.270 e. The number of nitrogens with zero attached hydrogens (tertiary/aromatic N) is 1. The topological polar surface area (TPSA) is 74.0 Å². The van der Waals surface area contributed by atoms with Crippen LogP contribution >= 0.6 is 0 Å². The van der Waals surface area contributed by atoms with Gasteiger partial charge in [-0.3, -0.25) is 9.69 Å². The minimum atomic E-state index is -0.467. The molecule has 1 aliphatic rings. The van der Waals surface area contributed by atoms with Gasteiger partial charge in [0.2, 0.25) is 0 Å². The number of amides is 1. The summed E-state index contributed by atoms with van der Waals surface area (Å²) in [5.41, 5.74) is 7.63. The lowest BCUT2D eigenvalue weighted by Crippen LogP contribution is -2.46. The molecule has 2 atom stereocenters. The van der Waals surface area contributed by atoms with Crippen molar-refractivity contribution < 1.29 is 19.0 Å². The highest BCUT2D eigenvalue weighted by molar-refractivity contribution is 5.99. The summed E-state index contributed by atoms with van der Waals surface area (Å²) >= 11 is 0. The SMILES string of the molecule is CCC1Oc2ccc(C(N)COC)cc2N(COC)C1=O. The summed E-state index contributed by atoms with van der Waals surface area (Å²) in [4.78, 5) is 14.0. The molecule has 0 saturated heterocycles. The average Bonchev–Trinajstić information content (AvgIpc) is 2.49. The molecule has 0 saturated carbocycles. The van der Waals surface area contributed by atoms with Crippen LogP contribution in [0.5, 0.6) is 5.75 Å². The molecule has 1 aromatic carbocycles. The largest absolute Gasteiger partial charge is 0.478 e. The van der Waals surface area contributed by atoms with E-state index in [4.69, 9.17) is 19.9 Å². The zero-order valence-electron chi connectivity index (χ0n) is 12.7. The summed E-state index contributed by atoms with van der Waals surface area (Å²) in [5.74, 6) is 0.580. The van der Waals surface area contributed by atoms with Crippen LogP contribution in [0.4, 0.5) is 5.69 Å². The molecular weight excluding hydrogens is 272 g/mol. The van der Waals surface area contributed by atoms with Crippen molar-refractivity contribution in [1.29, 1.82) is 0 Å². The number of rotatable bonds is 6. The predicted molar refractivity (Wildman–Crippen MR) is 79.3 cm³/mol. The number of carbonyl (C=O) groups is 1. The van der Waals surface area contributed by atoms with Gasteiger partial charge < -0.3 is 19.9 Å². The Morgan fingerprint density at radius 2 is 2.14 bits per heavy atom. The van der Waals surface area contributed by atoms with Crippen molar-refractivity contribution in [3.8, 4) is 5.75 Å². The van der Waals surface area contributed by atoms with E-state index in [1.54, 1.807) is 19.1 Å². The molecule has 0 bridgehead atoms. The fraction of sp³-hybridized carbons (Fsp3) is 0.533. The van der Waals surface area contributed by atoms with Crippen molar-refractivity contribution in [2.24, 2.45) is 5.73 Å². The molecule has 0 aliphatic carbocycles. The Hall–Kier alpha value is -1.63. The fourth-order valence-electron chi connectivity index (χ4n) is 2.37. The molecule has 0 aromatic heterocycles. The Kier molecular flexibility index (Phi) is 5.17. The maximum absolute atomic E-state index is 12.4. The summed E-state index contributed by atoms with van der Waals surface area (Å²) in [7, 11) is 3.16. The van der Waals surface area contributed by atoms with E-state index in [1.165, 1.54) is 0 Å². The zero-order valence-corrected chi connectivity index (χ0v) is 12.7. The standard InChI is InChI=1S/C15H22N2O4/c1-4-13-15(18)17(9-20-3)12-7-10(11(16)8-19-2)5-6-14(12)21-13/h5-7,11,13H,4,8-9,16H2,1-3H3. The minimum absolute atomic E-state index is 0.0932. The number of nitrogens with two attached hydrogens (primary N) is 1. The number of hydrogen-bond acceptors (Lipinski definition) is 5. The van der Waals surface area contributed by atoms with E-state index in [-0.39, 0.29) is 18.7 Å². The van der Waals surface area contributed by atoms with Crippen molar-refractivity contribution >= 4 is 11.6 Å². The van der Waals surface area contributed by atoms with Crippen molar-refractivity contribution in [1.82, 2.24) is 0 Å². The van der Waals surface area contributed by atoms with Crippen LogP contribution in [0.2, 0.25) is 0 Å². The lowest BCUT2D eigenvalue weighted by atomic mass is 10.0. The first kappa shape index (κ1) is 15.8. The third-order valence-electron chi connectivity index (χ3n) is 3.49. The van der Waals surface area contributed by atoms with Crippen LogP contribution in [-0.2, 0) is 14.3 Å². The molecule has 2 rings (SSSR count). The Labute approximate surface area is 124 Å². The molecule has 6 nitrogen and oxygen atoms in total. The number of fused-ring (bicyclic) bond motifs is 1. The molecular formula is C15H22N2O4. The van der Waals surface area contributed by atoms with Gasteiger partial charge in [-0.15, -0.1) is 0 Å². The number of benzene rings is 1. The number of carbonyl (C=O) groups excluding carboxylic acids is 1. The predicted octanol–water partition coefficient (Wildman–Crippen LogP) is 1.44. The van der Waals surface area contributed by atoms with Crippen LogP contribution in [0.1, 0.15) is 24.9 Å². The highest BCUT2D eigenvalue weighted by atomic mass is 16.5. The number of hydrogen-bond donors (Lipinski definition) is 1. The average molecular weight is 294 g/mol. The number of methoxy groups -OCH3 is 2. The second-order valence-electron chi connectivity index (χ2n) is 4.99. The van der Waals surface area contributed by atoms with Crippen molar-refractivity contribution in [3.05, 3.63) is 23.8 Å². The molecule has 1 amide bonds. The van der Waals surface area contributed by atoms with Crippen molar-refractivity contribution in [2.45, 2.75) is 25.5 Å². The van der Waals surface area contributed by atoms with Gasteiger partial charge in [0.25, 0.3) is 5.91 Å². The van der Waals surface area contributed by atoms with E-state index in [1.807, 2.05) is 25.1 Å². The van der Waals surface area contributed by atoms with Gasteiger partial charge in [0.05, 0.1) is 18.3 Å². The first-order valence-corrected chi connectivity index (χ1v) is 6.97. The zero-order chi connectivity index (χ0) is 15.4. The molecule has 1 aliphatic heterocycles. The van der Waals surface area contributed by atoms with Gasteiger partial charge in [-0.1, -0.05) is 13.0 Å². The second-order valence-corrected chi connectivity index (χ2v) is 4.99. The lowest BCUT2D eigenvalue weighted by Gasteiger charge is -2.34. The molecule has 1 heterocycles. The van der Waals surface area contributed by atoms with Crippen LogP contribution in [0, 0.1) is 0 Å². The van der Waals surface area contributed by atoms with Gasteiger partial charge in [-0.2, -0.15) is 0 Å². The van der Waals surface area contributed by atoms with Crippen LogP contribution in [0.15, 0.2) is 18.2 Å². The minimum Gasteiger partial charge on any atom is -0.478 e. The molecule has 0 spiro atoms. The number of anilines is 1. The molecule has 0 radical (unpaired) electrons. The Balaban J connectivity index is 2.37. The van der Waals surface area contributed by atoms with Crippen LogP contribution in [-0.4, -0.2) is 39.6 Å².